The summed E-state index contributed by atoms with van der Waals surface area (Å²) in [6.45, 7) is 8.03. The van der Waals surface area contributed by atoms with Gasteiger partial charge < -0.3 is 32.1 Å². The Morgan fingerprint density at radius 2 is 1.77 bits per heavy atom. The van der Waals surface area contributed by atoms with Crippen LogP contribution in [-0.2, 0) is 14.4 Å². The van der Waals surface area contributed by atoms with Crippen molar-refractivity contribution in [3.63, 3.8) is 0 Å². The van der Waals surface area contributed by atoms with E-state index < -0.39 is 41.8 Å². The van der Waals surface area contributed by atoms with Crippen LogP contribution in [0.15, 0.2) is 47.0 Å². The van der Waals surface area contributed by atoms with Crippen LogP contribution in [-0.4, -0.2) is 70.9 Å². The minimum Gasteiger partial charge on any atom is -0.480 e. The zero-order valence-corrected chi connectivity index (χ0v) is 23.2. The minimum absolute atomic E-state index is 0.0177. The number of hydrogen-bond donors (Lipinski definition) is 5. The Labute approximate surface area is 230 Å². The molecule has 1 aliphatic rings. The maximum Gasteiger partial charge on any atom is 0.326 e. The summed E-state index contributed by atoms with van der Waals surface area (Å²) < 4.78 is 0. The molecule has 39 heavy (non-hydrogen) atoms. The number of carboxylic acid groups (broad SMARTS) is 1. The summed E-state index contributed by atoms with van der Waals surface area (Å²) in [6.07, 6.45) is 3.59. The Bertz CT molecular complexity index is 1070. The Kier molecular flexibility index (Phi) is 12.0. The van der Waals surface area contributed by atoms with Crippen molar-refractivity contribution in [3.8, 4) is 0 Å². The van der Waals surface area contributed by atoms with Crippen LogP contribution in [0.3, 0.4) is 0 Å². The fraction of sp³-hybridized carbons (Fsp3) is 0.536. The third kappa shape index (κ3) is 9.12. The molecule has 4 atom stereocenters. The third-order valence-electron chi connectivity index (χ3n) is 6.83. The standard InChI is InChI=1S/C28H42N6O5/c1-5-19-16-34(23(18(19)4)25(36)33-22(27(38)39)15-17(2)3)26(37)21(13-9-10-14-31-28(29)30)32-24(35)20-11-7-6-8-12-20/h5-8,11-12,17-18,21-23H,9-10,13-16H2,1-4H3,(H,32,35)(H,33,36)(H,38,39)(H4,29,30,31)/b19-5+/t18-,21+,22+,23+/m1/s1. The summed E-state index contributed by atoms with van der Waals surface area (Å²) >= 11 is 0. The summed E-state index contributed by atoms with van der Waals surface area (Å²) in [5, 5.41) is 15.1. The van der Waals surface area contributed by atoms with Gasteiger partial charge in [-0.05, 0) is 56.2 Å². The van der Waals surface area contributed by atoms with E-state index in [1.807, 2.05) is 33.8 Å². The average Bonchev–Trinajstić information content (AvgIpc) is 3.23. The highest BCUT2D eigenvalue weighted by atomic mass is 16.4. The highest BCUT2D eigenvalue weighted by molar-refractivity contribution is 5.99. The number of nitrogens with zero attached hydrogens (tertiary/aromatic N) is 2. The Morgan fingerprint density at radius 3 is 2.33 bits per heavy atom. The number of carbonyl (C=O) groups excluding carboxylic acids is 3. The molecule has 0 aromatic heterocycles. The lowest BCUT2D eigenvalue weighted by molar-refractivity contribution is -0.145. The van der Waals surface area contributed by atoms with E-state index in [9.17, 15) is 24.3 Å². The lowest BCUT2D eigenvalue weighted by Crippen LogP contribution is -2.56. The quantitative estimate of drug-likeness (QED) is 0.109. The van der Waals surface area contributed by atoms with Crippen LogP contribution in [0.5, 0.6) is 0 Å². The first kappa shape index (κ1) is 31.3. The molecule has 1 saturated heterocycles. The van der Waals surface area contributed by atoms with Gasteiger partial charge in [0, 0.05) is 24.6 Å². The van der Waals surface area contributed by atoms with E-state index in [4.69, 9.17) is 11.5 Å². The van der Waals surface area contributed by atoms with E-state index in [-0.39, 0.29) is 30.8 Å². The molecule has 1 aromatic carbocycles. The summed E-state index contributed by atoms with van der Waals surface area (Å²) in [5.41, 5.74) is 12.1. The molecule has 0 spiro atoms. The Balaban J connectivity index is 2.30. The van der Waals surface area contributed by atoms with Crippen molar-refractivity contribution in [1.29, 1.82) is 0 Å². The summed E-state index contributed by atoms with van der Waals surface area (Å²) in [5.74, 6) is -2.74. The molecule has 0 saturated carbocycles. The fourth-order valence-corrected chi connectivity index (χ4v) is 4.76. The first-order valence-corrected chi connectivity index (χ1v) is 13.4. The zero-order chi connectivity index (χ0) is 29.1. The molecule has 1 heterocycles. The monoisotopic (exact) mass is 542 g/mol. The number of benzene rings is 1. The van der Waals surface area contributed by atoms with Crippen LogP contribution < -0.4 is 22.1 Å². The largest absolute Gasteiger partial charge is 0.480 e. The number of aliphatic imine (C=N–C) groups is 1. The van der Waals surface area contributed by atoms with Crippen molar-refractivity contribution in [2.75, 3.05) is 13.1 Å². The molecular formula is C28H42N6O5. The number of carbonyl (C=O) groups is 4. The Hall–Kier alpha value is -3.89. The number of likely N-dealkylation sites (tertiary alicyclic amines) is 1. The number of nitrogens with two attached hydrogens (primary N) is 2. The number of rotatable bonds is 13. The molecule has 2 rings (SSSR count). The van der Waals surface area contributed by atoms with E-state index in [1.54, 1.807) is 30.3 Å². The number of amides is 3. The molecule has 1 aromatic rings. The van der Waals surface area contributed by atoms with E-state index in [1.165, 1.54) is 4.90 Å². The van der Waals surface area contributed by atoms with Gasteiger partial charge in [-0.1, -0.05) is 45.0 Å². The molecule has 0 radical (unpaired) electrons. The maximum absolute atomic E-state index is 13.9. The topological polar surface area (TPSA) is 180 Å². The highest BCUT2D eigenvalue weighted by Crippen LogP contribution is 2.30. The number of guanidine groups is 1. The number of hydrogen-bond acceptors (Lipinski definition) is 5. The first-order valence-electron chi connectivity index (χ1n) is 13.4. The van der Waals surface area contributed by atoms with Crippen LogP contribution in [0.2, 0.25) is 0 Å². The smallest absolute Gasteiger partial charge is 0.326 e. The first-order chi connectivity index (χ1) is 18.5. The molecule has 0 unspecified atom stereocenters. The van der Waals surface area contributed by atoms with E-state index in [2.05, 4.69) is 15.6 Å². The predicted octanol–water partition coefficient (Wildman–Crippen LogP) is 1.64. The van der Waals surface area contributed by atoms with Crippen molar-refractivity contribution < 1.29 is 24.3 Å². The van der Waals surface area contributed by atoms with E-state index in [0.29, 0.717) is 31.4 Å². The van der Waals surface area contributed by atoms with Crippen LogP contribution >= 0.6 is 0 Å². The average molecular weight is 543 g/mol. The van der Waals surface area contributed by atoms with E-state index in [0.717, 1.165) is 5.57 Å². The second-order valence-electron chi connectivity index (χ2n) is 10.3. The normalized spacial score (nSPS) is 19.4. The molecule has 1 fully saturated rings. The molecule has 3 amide bonds. The fourth-order valence-electron chi connectivity index (χ4n) is 4.76. The number of allylic oxidation sites excluding steroid dienone is 1. The maximum atomic E-state index is 13.9. The van der Waals surface area contributed by atoms with Gasteiger partial charge in [-0.3, -0.25) is 19.4 Å². The molecule has 1 aliphatic heterocycles. The summed E-state index contributed by atoms with van der Waals surface area (Å²) in [6, 6.07) is 5.69. The predicted molar refractivity (Wildman–Crippen MR) is 150 cm³/mol. The van der Waals surface area contributed by atoms with E-state index >= 15 is 0 Å². The second-order valence-corrected chi connectivity index (χ2v) is 10.3. The van der Waals surface area contributed by atoms with Gasteiger partial charge in [-0.25, -0.2) is 4.79 Å². The third-order valence-corrected chi connectivity index (χ3v) is 6.83. The van der Waals surface area contributed by atoms with Gasteiger partial charge in [-0.2, -0.15) is 0 Å². The Morgan fingerprint density at radius 1 is 1.10 bits per heavy atom. The minimum atomic E-state index is -1.12. The van der Waals surface area contributed by atoms with Crippen LogP contribution in [0.1, 0.15) is 63.7 Å². The van der Waals surface area contributed by atoms with Crippen LogP contribution in [0.25, 0.3) is 0 Å². The van der Waals surface area contributed by atoms with Crippen molar-refractivity contribution >= 4 is 29.7 Å². The summed E-state index contributed by atoms with van der Waals surface area (Å²) in [7, 11) is 0. The van der Waals surface area contributed by atoms with Crippen LogP contribution in [0.4, 0.5) is 0 Å². The second kappa shape index (κ2) is 14.9. The molecule has 11 nitrogen and oxygen atoms in total. The number of nitrogens with one attached hydrogen (secondary N) is 2. The molecule has 0 bridgehead atoms. The van der Waals surface area contributed by atoms with Crippen LogP contribution in [0, 0.1) is 11.8 Å². The van der Waals surface area contributed by atoms with Gasteiger partial charge in [0.05, 0.1) is 0 Å². The van der Waals surface area contributed by atoms with Crippen molar-refractivity contribution in [3.05, 3.63) is 47.5 Å². The van der Waals surface area contributed by atoms with Crippen molar-refractivity contribution in [2.24, 2.45) is 28.3 Å². The van der Waals surface area contributed by atoms with Gasteiger partial charge >= 0.3 is 5.97 Å². The molecule has 214 valence electrons. The van der Waals surface area contributed by atoms with Gasteiger partial charge in [0.25, 0.3) is 5.91 Å². The number of unbranched alkanes of at least 4 members (excludes halogenated alkanes) is 1. The lowest BCUT2D eigenvalue weighted by atomic mass is 9.96. The number of carboxylic acids is 1. The summed E-state index contributed by atoms with van der Waals surface area (Å²) in [4.78, 5) is 57.6. The zero-order valence-electron chi connectivity index (χ0n) is 23.2. The molecule has 7 N–H and O–H groups in total. The molecular weight excluding hydrogens is 500 g/mol. The highest BCUT2D eigenvalue weighted by Gasteiger charge is 2.44. The SMILES string of the molecule is C/C=C1\CN(C(=O)[C@H](CCCCN=C(N)N)NC(=O)c2ccccc2)[C@H](C(=O)N[C@@H](CC(C)C)C(=O)O)[C@@H]1C. The molecule has 0 aliphatic carbocycles. The van der Waals surface area contributed by atoms with Gasteiger partial charge in [0.1, 0.15) is 18.1 Å². The molecule has 11 heteroatoms. The lowest BCUT2D eigenvalue weighted by Gasteiger charge is -2.30. The number of aliphatic carboxylic acids is 1. The van der Waals surface area contributed by atoms with Crippen molar-refractivity contribution in [1.82, 2.24) is 15.5 Å². The van der Waals surface area contributed by atoms with Gasteiger partial charge in [0.2, 0.25) is 11.8 Å². The van der Waals surface area contributed by atoms with Gasteiger partial charge in [0.15, 0.2) is 5.96 Å². The van der Waals surface area contributed by atoms with Crippen molar-refractivity contribution in [2.45, 2.75) is 71.5 Å². The van der Waals surface area contributed by atoms with Gasteiger partial charge in [-0.15, -0.1) is 0 Å².